The van der Waals surface area contributed by atoms with Crippen LogP contribution in [0.5, 0.6) is 0 Å². The monoisotopic (exact) mass is 152 g/mol. The molecule has 1 heterocycles. The fraction of sp³-hybridized carbons (Fsp3) is 0.889. The first-order valence-electron chi connectivity index (χ1n) is 4.42. The van der Waals surface area contributed by atoms with Gasteiger partial charge in [0, 0.05) is 6.54 Å². The van der Waals surface area contributed by atoms with Crippen molar-refractivity contribution in [2.75, 3.05) is 19.6 Å². The first-order valence-corrected chi connectivity index (χ1v) is 4.42. The molecule has 0 bridgehead atoms. The van der Waals surface area contributed by atoms with Crippen molar-refractivity contribution in [3.05, 3.63) is 0 Å². The lowest BCUT2D eigenvalue weighted by Gasteiger charge is -2.18. The molecule has 0 amide bonds. The number of nitriles is 1. The van der Waals surface area contributed by atoms with E-state index in [2.05, 4.69) is 17.9 Å². The molecule has 1 unspecified atom stereocenters. The number of hydrogen-bond acceptors (Lipinski definition) is 2. The van der Waals surface area contributed by atoms with Crippen molar-refractivity contribution < 1.29 is 0 Å². The highest BCUT2D eigenvalue weighted by molar-refractivity contribution is 4.79. The van der Waals surface area contributed by atoms with Crippen LogP contribution in [0.25, 0.3) is 0 Å². The summed E-state index contributed by atoms with van der Waals surface area (Å²) in [5.41, 5.74) is 0. The molecular weight excluding hydrogens is 136 g/mol. The molecule has 2 nitrogen and oxygen atoms in total. The third-order valence-electron chi connectivity index (χ3n) is 2.29. The highest BCUT2D eigenvalue weighted by Gasteiger charge is 2.13. The van der Waals surface area contributed by atoms with Gasteiger partial charge >= 0.3 is 0 Å². The highest BCUT2D eigenvalue weighted by atomic mass is 15.1. The zero-order valence-electron chi connectivity index (χ0n) is 7.21. The molecule has 1 atom stereocenters. The second kappa shape index (κ2) is 4.35. The van der Waals surface area contributed by atoms with Crippen molar-refractivity contribution in [2.45, 2.75) is 26.2 Å². The largest absolute Gasteiger partial charge is 0.290 e. The summed E-state index contributed by atoms with van der Waals surface area (Å²) in [6.45, 7) is 5.13. The Morgan fingerprint density at radius 1 is 1.55 bits per heavy atom. The molecule has 0 aromatic heterocycles. The summed E-state index contributed by atoms with van der Waals surface area (Å²) in [5, 5.41) is 8.50. The maximum Gasteiger partial charge on any atom is 0.0866 e. The van der Waals surface area contributed by atoms with Crippen LogP contribution >= 0.6 is 0 Å². The van der Waals surface area contributed by atoms with Crippen LogP contribution in [0.1, 0.15) is 26.2 Å². The maximum absolute atomic E-state index is 8.50. The first kappa shape index (κ1) is 8.55. The van der Waals surface area contributed by atoms with E-state index < -0.39 is 0 Å². The van der Waals surface area contributed by atoms with Gasteiger partial charge in [-0.2, -0.15) is 5.26 Å². The number of rotatable bonds is 1. The summed E-state index contributed by atoms with van der Waals surface area (Å²) >= 11 is 0. The molecule has 0 spiro atoms. The molecule has 0 aromatic rings. The summed E-state index contributed by atoms with van der Waals surface area (Å²) in [4.78, 5) is 2.26. The summed E-state index contributed by atoms with van der Waals surface area (Å²) in [7, 11) is 0. The van der Waals surface area contributed by atoms with Crippen molar-refractivity contribution >= 4 is 0 Å². The number of hydrogen-bond donors (Lipinski definition) is 0. The molecule has 1 aliphatic rings. The van der Waals surface area contributed by atoms with Crippen LogP contribution in [-0.2, 0) is 0 Å². The fourth-order valence-corrected chi connectivity index (χ4v) is 1.70. The predicted molar refractivity (Wildman–Crippen MR) is 45.1 cm³/mol. The zero-order chi connectivity index (χ0) is 8.10. The van der Waals surface area contributed by atoms with Crippen LogP contribution in [-0.4, -0.2) is 24.5 Å². The maximum atomic E-state index is 8.50. The van der Waals surface area contributed by atoms with E-state index >= 15 is 0 Å². The Bertz CT molecular complexity index is 148. The lowest BCUT2D eigenvalue weighted by Crippen LogP contribution is -2.27. The molecule has 1 aliphatic heterocycles. The molecule has 1 rings (SSSR count). The Morgan fingerprint density at radius 3 is 3.09 bits per heavy atom. The molecule has 2 heteroatoms. The lowest BCUT2D eigenvalue weighted by molar-refractivity contribution is 0.285. The summed E-state index contributed by atoms with van der Waals surface area (Å²) in [6, 6.07) is 2.21. The van der Waals surface area contributed by atoms with E-state index in [9.17, 15) is 0 Å². The molecule has 0 N–H and O–H groups in total. The lowest BCUT2D eigenvalue weighted by atomic mass is 10.1. The topological polar surface area (TPSA) is 27.0 Å². The van der Waals surface area contributed by atoms with E-state index in [1.165, 1.54) is 19.3 Å². The molecule has 0 saturated carbocycles. The van der Waals surface area contributed by atoms with Crippen molar-refractivity contribution in [3.63, 3.8) is 0 Å². The fourth-order valence-electron chi connectivity index (χ4n) is 1.70. The molecule has 0 aromatic carbocycles. The van der Waals surface area contributed by atoms with Crippen molar-refractivity contribution in [2.24, 2.45) is 5.92 Å². The Hall–Kier alpha value is -0.550. The van der Waals surface area contributed by atoms with Gasteiger partial charge in [0.25, 0.3) is 0 Å². The Balaban J connectivity index is 2.34. The van der Waals surface area contributed by atoms with Crippen LogP contribution < -0.4 is 0 Å². The molecule has 0 radical (unpaired) electrons. The van der Waals surface area contributed by atoms with Gasteiger partial charge in [-0.15, -0.1) is 0 Å². The number of nitrogens with zero attached hydrogens (tertiary/aromatic N) is 2. The van der Waals surface area contributed by atoms with E-state index in [4.69, 9.17) is 5.26 Å². The van der Waals surface area contributed by atoms with Crippen LogP contribution in [0.4, 0.5) is 0 Å². The van der Waals surface area contributed by atoms with Gasteiger partial charge in [0.1, 0.15) is 0 Å². The van der Waals surface area contributed by atoms with Crippen molar-refractivity contribution in [1.82, 2.24) is 4.90 Å². The molecule has 0 aliphatic carbocycles. The Kier molecular flexibility index (Phi) is 3.38. The number of likely N-dealkylation sites (tertiary alicyclic amines) is 1. The minimum Gasteiger partial charge on any atom is -0.290 e. The van der Waals surface area contributed by atoms with Crippen LogP contribution in [0.15, 0.2) is 0 Å². The minimum absolute atomic E-state index is 0.615. The van der Waals surface area contributed by atoms with Gasteiger partial charge in [-0.1, -0.05) is 13.3 Å². The molecular formula is C9H16N2. The first-order chi connectivity index (χ1) is 5.33. The van der Waals surface area contributed by atoms with Gasteiger partial charge < -0.3 is 0 Å². The van der Waals surface area contributed by atoms with Crippen LogP contribution in [0, 0.1) is 17.2 Å². The van der Waals surface area contributed by atoms with Gasteiger partial charge in [-0.25, -0.2) is 0 Å². The normalized spacial score (nSPS) is 27.5. The third kappa shape index (κ3) is 2.90. The van der Waals surface area contributed by atoms with E-state index in [-0.39, 0.29) is 0 Å². The third-order valence-corrected chi connectivity index (χ3v) is 2.29. The van der Waals surface area contributed by atoms with Crippen molar-refractivity contribution in [3.8, 4) is 6.07 Å². The van der Waals surface area contributed by atoms with Gasteiger partial charge in [-0.3, -0.25) is 4.90 Å². The molecule has 11 heavy (non-hydrogen) atoms. The van der Waals surface area contributed by atoms with Gasteiger partial charge in [0.15, 0.2) is 0 Å². The summed E-state index contributed by atoms with van der Waals surface area (Å²) in [5.74, 6) is 0.783. The average molecular weight is 152 g/mol. The van der Waals surface area contributed by atoms with Gasteiger partial charge in [-0.05, 0) is 25.3 Å². The Morgan fingerprint density at radius 2 is 2.36 bits per heavy atom. The van der Waals surface area contributed by atoms with Gasteiger partial charge in [0.05, 0.1) is 12.6 Å². The highest BCUT2D eigenvalue weighted by Crippen LogP contribution is 2.14. The Labute approximate surface area is 68.8 Å². The van der Waals surface area contributed by atoms with Crippen molar-refractivity contribution in [1.29, 1.82) is 5.26 Å². The molecule has 62 valence electrons. The summed E-state index contributed by atoms with van der Waals surface area (Å²) in [6.07, 6.45) is 3.94. The van der Waals surface area contributed by atoms with E-state index in [1.54, 1.807) is 0 Å². The minimum atomic E-state index is 0.615. The zero-order valence-corrected chi connectivity index (χ0v) is 7.21. The predicted octanol–water partition coefficient (Wildman–Crippen LogP) is 1.63. The van der Waals surface area contributed by atoms with E-state index in [1.807, 2.05) is 0 Å². The second-order valence-corrected chi connectivity index (χ2v) is 3.49. The second-order valence-electron chi connectivity index (χ2n) is 3.49. The molecule has 1 saturated heterocycles. The average Bonchev–Trinajstić information content (AvgIpc) is 2.15. The van der Waals surface area contributed by atoms with Crippen LogP contribution in [0.3, 0.4) is 0 Å². The van der Waals surface area contributed by atoms with Crippen LogP contribution in [0.2, 0.25) is 0 Å². The SMILES string of the molecule is CC1CCCCN(CC#N)C1. The summed E-state index contributed by atoms with van der Waals surface area (Å²) < 4.78 is 0. The standard InChI is InChI=1S/C9H16N2/c1-9-4-2-3-6-11(8-9)7-5-10/h9H,2-4,6-8H2,1H3. The van der Waals surface area contributed by atoms with Gasteiger partial charge in [0.2, 0.25) is 0 Å². The molecule has 1 fully saturated rings. The van der Waals surface area contributed by atoms with E-state index in [0.29, 0.717) is 6.54 Å². The smallest absolute Gasteiger partial charge is 0.0866 e. The quantitative estimate of drug-likeness (QED) is 0.534. The van der Waals surface area contributed by atoms with E-state index in [0.717, 1.165) is 19.0 Å².